The highest BCUT2D eigenvalue weighted by Crippen LogP contribution is 2.27. The Morgan fingerprint density at radius 2 is 2.16 bits per heavy atom. The second kappa shape index (κ2) is 4.99. The van der Waals surface area contributed by atoms with Crippen LogP contribution < -0.4 is 11.0 Å². The minimum Gasteiger partial charge on any atom is -0.319 e. The molecule has 0 saturated heterocycles. The Morgan fingerprint density at radius 3 is 3.00 bits per heavy atom. The Hall–Kier alpha value is -1.92. The van der Waals surface area contributed by atoms with Crippen LogP contribution in [0, 0.1) is 0 Å². The Labute approximate surface area is 113 Å². The van der Waals surface area contributed by atoms with E-state index in [1.807, 2.05) is 31.4 Å². The lowest BCUT2D eigenvalue weighted by atomic mass is 10.2. The third kappa shape index (κ3) is 2.45. The number of nitrogens with one attached hydrogen (secondary N) is 3. The van der Waals surface area contributed by atoms with Crippen molar-refractivity contribution in [2.24, 2.45) is 0 Å². The van der Waals surface area contributed by atoms with Gasteiger partial charge in [-0.3, -0.25) is 0 Å². The average Bonchev–Trinajstić information content (AvgIpc) is 3.00. The van der Waals surface area contributed by atoms with Gasteiger partial charge in [0.05, 0.1) is 20.9 Å². The third-order valence-corrected chi connectivity index (χ3v) is 4.05. The van der Waals surface area contributed by atoms with Crippen molar-refractivity contribution < 1.29 is 0 Å². The summed E-state index contributed by atoms with van der Waals surface area (Å²) in [6, 6.07) is 5.89. The third-order valence-electron chi connectivity index (χ3n) is 2.94. The van der Waals surface area contributed by atoms with Crippen LogP contribution in [0.25, 0.3) is 21.5 Å². The number of fused-ring (bicyclic) bond motifs is 1. The maximum absolute atomic E-state index is 11.2. The largest absolute Gasteiger partial charge is 0.323 e. The van der Waals surface area contributed by atoms with Crippen molar-refractivity contribution in [2.75, 3.05) is 13.6 Å². The number of hydrogen-bond donors (Lipinski definition) is 3. The molecule has 0 unspecified atom stereocenters. The number of aromatic amines is 2. The van der Waals surface area contributed by atoms with E-state index in [1.54, 1.807) is 11.3 Å². The maximum Gasteiger partial charge on any atom is 0.323 e. The van der Waals surface area contributed by atoms with E-state index in [9.17, 15) is 4.79 Å². The van der Waals surface area contributed by atoms with Crippen molar-refractivity contribution >= 4 is 22.4 Å². The van der Waals surface area contributed by atoms with Crippen LogP contribution in [0.1, 0.15) is 5.01 Å². The first-order valence-corrected chi connectivity index (χ1v) is 6.89. The van der Waals surface area contributed by atoms with E-state index in [4.69, 9.17) is 0 Å². The fraction of sp³-hybridized carbons (Fsp3) is 0.231. The van der Waals surface area contributed by atoms with Crippen LogP contribution in [0.2, 0.25) is 0 Å². The zero-order valence-corrected chi connectivity index (χ0v) is 11.3. The summed E-state index contributed by atoms with van der Waals surface area (Å²) in [5, 5.41) is 4.23. The van der Waals surface area contributed by atoms with Gasteiger partial charge in [0.15, 0.2) is 0 Å². The number of H-pyrrole nitrogens is 2. The summed E-state index contributed by atoms with van der Waals surface area (Å²) in [6.07, 6.45) is 2.83. The molecule has 6 heteroatoms. The Kier molecular flexibility index (Phi) is 3.18. The van der Waals surface area contributed by atoms with Gasteiger partial charge >= 0.3 is 5.69 Å². The van der Waals surface area contributed by atoms with Crippen molar-refractivity contribution in [3.8, 4) is 10.4 Å². The summed E-state index contributed by atoms with van der Waals surface area (Å²) < 4.78 is 0. The SMILES string of the molecule is CNCCc1ncc(-c2ccc3[nH]c(=O)[nH]c3c2)s1. The molecule has 2 aromatic heterocycles. The number of aromatic nitrogens is 3. The Morgan fingerprint density at radius 1 is 1.32 bits per heavy atom. The highest BCUT2D eigenvalue weighted by atomic mass is 32.1. The van der Waals surface area contributed by atoms with Gasteiger partial charge in [0.2, 0.25) is 0 Å². The van der Waals surface area contributed by atoms with Crippen molar-refractivity contribution in [3.05, 3.63) is 39.9 Å². The van der Waals surface area contributed by atoms with E-state index in [-0.39, 0.29) is 5.69 Å². The second-order valence-corrected chi connectivity index (χ2v) is 5.43. The maximum atomic E-state index is 11.2. The molecule has 0 saturated carbocycles. The van der Waals surface area contributed by atoms with Gasteiger partial charge in [-0.05, 0) is 24.7 Å². The fourth-order valence-electron chi connectivity index (χ4n) is 1.98. The number of rotatable bonds is 4. The molecule has 0 atom stereocenters. The lowest BCUT2D eigenvalue weighted by Crippen LogP contribution is -2.09. The van der Waals surface area contributed by atoms with Crippen molar-refractivity contribution in [2.45, 2.75) is 6.42 Å². The van der Waals surface area contributed by atoms with Crippen LogP contribution in [-0.2, 0) is 6.42 Å². The minimum absolute atomic E-state index is 0.175. The molecule has 5 nitrogen and oxygen atoms in total. The zero-order chi connectivity index (χ0) is 13.2. The second-order valence-electron chi connectivity index (χ2n) is 4.31. The molecule has 0 radical (unpaired) electrons. The van der Waals surface area contributed by atoms with Crippen molar-refractivity contribution in [1.82, 2.24) is 20.3 Å². The fourth-order valence-corrected chi connectivity index (χ4v) is 2.89. The molecule has 0 aliphatic carbocycles. The Bertz CT molecular complexity index is 755. The van der Waals surface area contributed by atoms with Crippen molar-refractivity contribution in [3.63, 3.8) is 0 Å². The molecule has 3 aromatic rings. The lowest BCUT2D eigenvalue weighted by molar-refractivity contribution is 0.787. The lowest BCUT2D eigenvalue weighted by Gasteiger charge is -1.96. The summed E-state index contributed by atoms with van der Waals surface area (Å²) in [5.74, 6) is 0. The summed E-state index contributed by atoms with van der Waals surface area (Å²) in [4.78, 5) is 22.3. The molecule has 0 aliphatic heterocycles. The molecular weight excluding hydrogens is 260 g/mol. The van der Waals surface area contributed by atoms with Crippen LogP contribution in [0.4, 0.5) is 0 Å². The average molecular weight is 274 g/mol. The van der Waals surface area contributed by atoms with E-state index in [0.717, 1.165) is 39.4 Å². The standard InChI is InChI=1S/C13H14N4OS/c1-14-5-4-12-15-7-11(19-12)8-2-3-9-10(6-8)17-13(18)16-9/h2-3,6-7,14H,4-5H2,1H3,(H2,16,17,18). The van der Waals surface area contributed by atoms with Gasteiger partial charge in [-0.25, -0.2) is 9.78 Å². The van der Waals surface area contributed by atoms with E-state index < -0.39 is 0 Å². The molecule has 0 bridgehead atoms. The summed E-state index contributed by atoms with van der Waals surface area (Å²) in [7, 11) is 1.94. The van der Waals surface area contributed by atoms with Crippen LogP contribution in [0.5, 0.6) is 0 Å². The summed E-state index contributed by atoms with van der Waals surface area (Å²) >= 11 is 1.69. The smallest absolute Gasteiger partial charge is 0.319 e. The van der Waals surface area contributed by atoms with Crippen LogP contribution in [-0.4, -0.2) is 28.5 Å². The summed E-state index contributed by atoms with van der Waals surface area (Å²) in [6.45, 7) is 0.928. The molecule has 0 fully saturated rings. The van der Waals surface area contributed by atoms with Crippen molar-refractivity contribution in [1.29, 1.82) is 0 Å². The quantitative estimate of drug-likeness (QED) is 0.678. The molecule has 3 N–H and O–H groups in total. The number of benzene rings is 1. The summed E-state index contributed by atoms with van der Waals surface area (Å²) in [5.41, 5.74) is 2.56. The van der Waals surface area contributed by atoms with Gasteiger partial charge in [0.25, 0.3) is 0 Å². The van der Waals surface area contributed by atoms with Gasteiger partial charge in [-0.1, -0.05) is 6.07 Å². The number of thiazole rings is 1. The molecule has 0 amide bonds. The van der Waals surface area contributed by atoms with Gasteiger partial charge in [-0.15, -0.1) is 11.3 Å². The number of nitrogens with zero attached hydrogens (tertiary/aromatic N) is 1. The number of likely N-dealkylation sites (N-methyl/N-ethyl adjacent to an activating group) is 1. The molecule has 0 aliphatic rings. The minimum atomic E-state index is -0.175. The predicted octanol–water partition coefficient (Wildman–Crippen LogP) is 1.74. The Balaban J connectivity index is 1.94. The molecular formula is C13H14N4OS. The monoisotopic (exact) mass is 274 g/mol. The number of hydrogen-bond acceptors (Lipinski definition) is 4. The first-order valence-electron chi connectivity index (χ1n) is 6.08. The van der Waals surface area contributed by atoms with Gasteiger partial charge in [-0.2, -0.15) is 0 Å². The van der Waals surface area contributed by atoms with E-state index in [2.05, 4.69) is 20.3 Å². The highest BCUT2D eigenvalue weighted by molar-refractivity contribution is 7.15. The highest BCUT2D eigenvalue weighted by Gasteiger charge is 2.06. The van der Waals surface area contributed by atoms with E-state index >= 15 is 0 Å². The van der Waals surface area contributed by atoms with Gasteiger partial charge in [0.1, 0.15) is 0 Å². The molecule has 2 heterocycles. The van der Waals surface area contributed by atoms with E-state index in [1.165, 1.54) is 0 Å². The normalized spacial score (nSPS) is 11.2. The van der Waals surface area contributed by atoms with Crippen LogP contribution in [0.3, 0.4) is 0 Å². The van der Waals surface area contributed by atoms with Crippen LogP contribution >= 0.6 is 11.3 Å². The van der Waals surface area contributed by atoms with Crippen LogP contribution in [0.15, 0.2) is 29.2 Å². The van der Waals surface area contributed by atoms with Gasteiger partial charge in [0, 0.05) is 19.2 Å². The first-order chi connectivity index (χ1) is 9.26. The van der Waals surface area contributed by atoms with Gasteiger partial charge < -0.3 is 15.3 Å². The number of imidazole rings is 1. The predicted molar refractivity (Wildman–Crippen MR) is 77.7 cm³/mol. The molecule has 0 spiro atoms. The molecule has 19 heavy (non-hydrogen) atoms. The molecule has 3 rings (SSSR count). The first kappa shape index (κ1) is 12.1. The topological polar surface area (TPSA) is 73.6 Å². The molecule has 1 aromatic carbocycles. The van der Waals surface area contributed by atoms with E-state index in [0.29, 0.717) is 0 Å². The zero-order valence-electron chi connectivity index (χ0n) is 10.5. The molecule has 98 valence electrons.